The summed E-state index contributed by atoms with van der Waals surface area (Å²) in [6, 6.07) is 0.159. The number of hydrogen-bond acceptors (Lipinski definition) is 7. The Bertz CT molecular complexity index is 645. The second kappa shape index (κ2) is 10.6. The van der Waals surface area contributed by atoms with E-state index in [9.17, 15) is 13.6 Å². The lowest BCUT2D eigenvalue weighted by atomic mass is 10.1. The molecule has 2 aliphatic heterocycles. The number of carbonyl (C=O) groups is 1. The number of amides is 1. The Balaban J connectivity index is 1.99. The van der Waals surface area contributed by atoms with Crippen LogP contribution in [0.4, 0.5) is 8.78 Å². The highest BCUT2D eigenvalue weighted by Gasteiger charge is 2.25. The summed E-state index contributed by atoms with van der Waals surface area (Å²) in [5.41, 5.74) is 12.0. The minimum atomic E-state index is -2.31. The number of likely N-dealkylation sites (tertiary alicyclic amines) is 1. The first-order valence-electron chi connectivity index (χ1n) is 9.28. The van der Waals surface area contributed by atoms with Crippen LogP contribution in [0.5, 0.6) is 0 Å². The van der Waals surface area contributed by atoms with Crippen molar-refractivity contribution in [2.75, 3.05) is 26.2 Å². The number of nitrogens with zero attached hydrogens (tertiary/aromatic N) is 2. The van der Waals surface area contributed by atoms with Crippen LogP contribution in [0.25, 0.3) is 0 Å². The standard InChI is InChI=1S/C17H28ClF2N7O/c1-2-12-15(18)26-17(14(25-12)16(22)28)24-11(7-21)8-23-10-3-5-27(6-4-10)9-13(19)20/h8,10,13,15,23-24,26H,2-7,9,21H2,1H3,(H2,22,28)/b11-8+. The Kier molecular flexibility index (Phi) is 8.46. The van der Waals surface area contributed by atoms with Gasteiger partial charge in [0.2, 0.25) is 0 Å². The number of piperidine rings is 1. The fraction of sp³-hybridized carbons (Fsp3) is 0.647. The van der Waals surface area contributed by atoms with E-state index >= 15 is 0 Å². The van der Waals surface area contributed by atoms with Gasteiger partial charge in [0.15, 0.2) is 5.70 Å². The molecule has 1 atom stereocenters. The van der Waals surface area contributed by atoms with Crippen LogP contribution in [0.15, 0.2) is 28.4 Å². The average molecular weight is 420 g/mol. The normalized spacial score (nSPS) is 22.1. The van der Waals surface area contributed by atoms with Crippen LogP contribution in [0, 0.1) is 0 Å². The molecule has 1 fully saturated rings. The van der Waals surface area contributed by atoms with Gasteiger partial charge in [-0.15, -0.1) is 0 Å². The van der Waals surface area contributed by atoms with E-state index in [1.165, 1.54) is 0 Å². The lowest BCUT2D eigenvalue weighted by molar-refractivity contribution is -0.114. The molecule has 0 radical (unpaired) electrons. The Morgan fingerprint density at radius 3 is 2.68 bits per heavy atom. The van der Waals surface area contributed by atoms with Crippen molar-refractivity contribution in [2.24, 2.45) is 16.5 Å². The van der Waals surface area contributed by atoms with E-state index in [2.05, 4.69) is 20.9 Å². The zero-order chi connectivity index (χ0) is 20.7. The molecule has 0 aliphatic carbocycles. The number of nitrogens with two attached hydrogens (primary N) is 2. The molecular weight excluding hydrogens is 392 g/mol. The van der Waals surface area contributed by atoms with Crippen molar-refractivity contribution >= 4 is 23.2 Å². The quantitative estimate of drug-likeness (QED) is 0.272. The second-order valence-corrected chi connectivity index (χ2v) is 7.12. The van der Waals surface area contributed by atoms with Gasteiger partial charge in [-0.2, -0.15) is 0 Å². The number of hydrogen-bond donors (Lipinski definition) is 5. The molecule has 7 N–H and O–H groups in total. The summed E-state index contributed by atoms with van der Waals surface area (Å²) in [5, 5.41) is 9.26. The van der Waals surface area contributed by atoms with Gasteiger partial charge in [0.1, 0.15) is 11.3 Å². The molecule has 11 heteroatoms. The minimum absolute atomic E-state index is 0.0633. The van der Waals surface area contributed by atoms with Gasteiger partial charge in [0.05, 0.1) is 12.3 Å². The van der Waals surface area contributed by atoms with Crippen molar-refractivity contribution < 1.29 is 13.6 Å². The number of primary amides is 1. The van der Waals surface area contributed by atoms with E-state index in [1.807, 2.05) is 6.92 Å². The average Bonchev–Trinajstić information content (AvgIpc) is 2.65. The third kappa shape index (κ3) is 6.32. The predicted octanol–water partition coefficient (Wildman–Crippen LogP) is 0.369. The summed E-state index contributed by atoms with van der Waals surface area (Å²) in [5.74, 6) is -0.379. The van der Waals surface area contributed by atoms with Crippen LogP contribution in [-0.4, -0.2) is 60.7 Å². The van der Waals surface area contributed by atoms with Crippen LogP contribution in [-0.2, 0) is 4.79 Å². The third-order valence-electron chi connectivity index (χ3n) is 4.63. The van der Waals surface area contributed by atoms with Crippen molar-refractivity contribution in [3.8, 4) is 0 Å². The Morgan fingerprint density at radius 2 is 2.14 bits per heavy atom. The van der Waals surface area contributed by atoms with E-state index in [-0.39, 0.29) is 24.8 Å². The zero-order valence-corrected chi connectivity index (χ0v) is 16.6. The maximum absolute atomic E-state index is 12.5. The van der Waals surface area contributed by atoms with Crippen LogP contribution in [0.1, 0.15) is 26.2 Å². The predicted molar refractivity (Wildman–Crippen MR) is 106 cm³/mol. The highest BCUT2D eigenvalue weighted by Crippen LogP contribution is 2.16. The van der Waals surface area contributed by atoms with Gasteiger partial charge in [-0.05, 0) is 19.3 Å². The molecule has 2 heterocycles. The SMILES string of the molecule is CCC1=NC(C(N)=O)=C(N/C(=C/NC2CCN(CC(F)F)CC2)CN)NC1Cl. The first-order chi connectivity index (χ1) is 13.3. The first kappa shape index (κ1) is 22.4. The second-order valence-electron chi connectivity index (χ2n) is 6.68. The number of rotatable bonds is 9. The zero-order valence-electron chi connectivity index (χ0n) is 15.9. The van der Waals surface area contributed by atoms with Crippen LogP contribution in [0.3, 0.4) is 0 Å². The highest BCUT2D eigenvalue weighted by molar-refractivity contribution is 6.32. The van der Waals surface area contributed by atoms with Crippen molar-refractivity contribution in [3.05, 3.63) is 23.4 Å². The van der Waals surface area contributed by atoms with Crippen molar-refractivity contribution in [1.82, 2.24) is 20.9 Å². The molecule has 0 saturated carbocycles. The largest absolute Gasteiger partial charge is 0.387 e. The monoisotopic (exact) mass is 419 g/mol. The van der Waals surface area contributed by atoms with Gasteiger partial charge in [0.25, 0.3) is 12.3 Å². The fourth-order valence-corrected chi connectivity index (χ4v) is 3.38. The molecule has 0 spiro atoms. The highest BCUT2D eigenvalue weighted by atomic mass is 35.5. The van der Waals surface area contributed by atoms with Crippen molar-refractivity contribution in [2.45, 2.75) is 44.2 Å². The number of aliphatic imine (C=N–C) groups is 1. The van der Waals surface area contributed by atoms with Gasteiger partial charge in [-0.3, -0.25) is 9.69 Å². The maximum Gasteiger partial charge on any atom is 0.271 e. The Hall–Kier alpha value is -1.91. The molecule has 0 aromatic rings. The molecule has 0 bridgehead atoms. The molecule has 8 nitrogen and oxygen atoms in total. The Labute approximate surface area is 168 Å². The Morgan fingerprint density at radius 1 is 1.46 bits per heavy atom. The van der Waals surface area contributed by atoms with Gasteiger partial charge in [-0.1, -0.05) is 18.5 Å². The first-order valence-corrected chi connectivity index (χ1v) is 9.72. The van der Waals surface area contributed by atoms with E-state index in [4.69, 9.17) is 23.1 Å². The molecule has 0 aromatic heterocycles. The molecule has 1 unspecified atom stereocenters. The van der Waals surface area contributed by atoms with Crippen LogP contribution >= 0.6 is 11.6 Å². The van der Waals surface area contributed by atoms with Gasteiger partial charge in [0, 0.05) is 37.6 Å². The van der Waals surface area contributed by atoms with Crippen molar-refractivity contribution in [3.63, 3.8) is 0 Å². The molecule has 158 valence electrons. The molecule has 2 rings (SSSR count). The summed E-state index contributed by atoms with van der Waals surface area (Å²) >= 11 is 6.23. The maximum atomic E-state index is 12.5. The number of carbonyl (C=O) groups excluding carboxylic acids is 1. The summed E-state index contributed by atoms with van der Waals surface area (Å²) in [7, 11) is 0. The topological polar surface area (TPSA) is 121 Å². The molecular formula is C17H28ClF2N7O. The van der Waals surface area contributed by atoms with E-state index in [1.54, 1.807) is 11.1 Å². The number of alkyl halides is 3. The third-order valence-corrected chi connectivity index (χ3v) is 4.99. The van der Waals surface area contributed by atoms with Crippen LogP contribution in [0.2, 0.25) is 0 Å². The smallest absolute Gasteiger partial charge is 0.271 e. The molecule has 1 amide bonds. The molecule has 0 aromatic carbocycles. The minimum Gasteiger partial charge on any atom is -0.387 e. The van der Waals surface area contributed by atoms with E-state index < -0.39 is 17.8 Å². The number of halogens is 3. The summed E-state index contributed by atoms with van der Waals surface area (Å²) < 4.78 is 24.9. The van der Waals surface area contributed by atoms with Crippen LogP contribution < -0.4 is 27.4 Å². The van der Waals surface area contributed by atoms with Crippen molar-refractivity contribution in [1.29, 1.82) is 0 Å². The molecule has 2 aliphatic rings. The molecule has 28 heavy (non-hydrogen) atoms. The molecule has 1 saturated heterocycles. The summed E-state index contributed by atoms with van der Waals surface area (Å²) in [6.45, 7) is 3.10. The lowest BCUT2D eigenvalue weighted by Gasteiger charge is -2.32. The number of nitrogens with one attached hydrogen (secondary N) is 3. The van der Waals surface area contributed by atoms with Gasteiger partial charge in [-0.25, -0.2) is 13.8 Å². The lowest BCUT2D eigenvalue weighted by Crippen LogP contribution is -2.44. The van der Waals surface area contributed by atoms with E-state index in [0.29, 0.717) is 36.7 Å². The van der Waals surface area contributed by atoms with E-state index in [0.717, 1.165) is 12.8 Å². The van der Waals surface area contributed by atoms with Gasteiger partial charge >= 0.3 is 0 Å². The summed E-state index contributed by atoms with van der Waals surface area (Å²) in [4.78, 5) is 17.7. The van der Waals surface area contributed by atoms with Gasteiger partial charge < -0.3 is 27.4 Å². The fourth-order valence-electron chi connectivity index (χ4n) is 3.07. The summed E-state index contributed by atoms with van der Waals surface area (Å²) in [6.07, 6.45) is 1.50.